The summed E-state index contributed by atoms with van der Waals surface area (Å²) in [5.74, 6) is -0.0102. The molecule has 1 aromatic rings. The molecule has 0 bridgehead atoms. The smallest absolute Gasteiger partial charge is 0.240 e. The summed E-state index contributed by atoms with van der Waals surface area (Å²) >= 11 is 0. The normalized spacial score (nSPS) is 12.3. The molecule has 22 heavy (non-hydrogen) atoms. The van der Waals surface area contributed by atoms with Crippen LogP contribution < -0.4 is 15.4 Å². The lowest BCUT2D eigenvalue weighted by Gasteiger charge is -2.11. The van der Waals surface area contributed by atoms with E-state index in [1.807, 2.05) is 14.0 Å². The molecule has 1 aromatic carbocycles. The molecule has 6 nitrogen and oxygen atoms in total. The molecular formula is C14H24ClN3O3S. The maximum atomic E-state index is 11.7. The van der Waals surface area contributed by atoms with E-state index in [0.29, 0.717) is 19.4 Å². The molecule has 0 heterocycles. The lowest BCUT2D eigenvalue weighted by Crippen LogP contribution is -2.37. The molecule has 0 aliphatic rings. The van der Waals surface area contributed by atoms with E-state index in [9.17, 15) is 13.2 Å². The lowest BCUT2D eigenvalue weighted by atomic mass is 10.1. The zero-order valence-electron chi connectivity index (χ0n) is 13.0. The molecule has 0 aromatic heterocycles. The van der Waals surface area contributed by atoms with Crippen molar-refractivity contribution in [2.45, 2.75) is 30.7 Å². The van der Waals surface area contributed by atoms with Crippen LogP contribution in [-0.4, -0.2) is 41.0 Å². The highest BCUT2D eigenvalue weighted by Gasteiger charge is 2.10. The van der Waals surface area contributed by atoms with Crippen molar-refractivity contribution in [1.82, 2.24) is 15.4 Å². The highest BCUT2D eigenvalue weighted by atomic mass is 35.5. The number of hydrogen-bond acceptors (Lipinski definition) is 4. The van der Waals surface area contributed by atoms with Gasteiger partial charge in [0.2, 0.25) is 15.9 Å². The molecule has 1 unspecified atom stereocenters. The van der Waals surface area contributed by atoms with E-state index in [-0.39, 0.29) is 29.3 Å². The van der Waals surface area contributed by atoms with Gasteiger partial charge in [0.05, 0.1) is 4.90 Å². The van der Waals surface area contributed by atoms with Crippen LogP contribution in [0.15, 0.2) is 29.2 Å². The first kappa shape index (κ1) is 20.9. The van der Waals surface area contributed by atoms with E-state index < -0.39 is 10.0 Å². The van der Waals surface area contributed by atoms with Crippen molar-refractivity contribution in [2.24, 2.45) is 0 Å². The van der Waals surface area contributed by atoms with Crippen molar-refractivity contribution in [3.05, 3.63) is 29.8 Å². The van der Waals surface area contributed by atoms with Gasteiger partial charge in [-0.1, -0.05) is 12.1 Å². The third-order valence-corrected chi connectivity index (χ3v) is 4.67. The van der Waals surface area contributed by atoms with Crippen LogP contribution in [0, 0.1) is 0 Å². The topological polar surface area (TPSA) is 87.3 Å². The van der Waals surface area contributed by atoms with Crippen molar-refractivity contribution in [1.29, 1.82) is 0 Å². The molecule has 0 aliphatic carbocycles. The molecule has 8 heteroatoms. The number of likely N-dealkylation sites (N-methyl/N-ethyl adjacent to an activating group) is 1. The number of amides is 1. The summed E-state index contributed by atoms with van der Waals surface area (Å²) < 4.78 is 25.4. The van der Waals surface area contributed by atoms with E-state index in [1.165, 1.54) is 7.05 Å². The number of carbonyl (C=O) groups excluding carboxylic acids is 1. The van der Waals surface area contributed by atoms with Gasteiger partial charge in [-0.05, 0) is 45.1 Å². The largest absolute Gasteiger partial charge is 0.355 e. The summed E-state index contributed by atoms with van der Waals surface area (Å²) in [7, 11) is -0.184. The molecule has 0 saturated heterocycles. The van der Waals surface area contributed by atoms with Gasteiger partial charge in [0.15, 0.2) is 0 Å². The quantitative estimate of drug-likeness (QED) is 0.644. The highest BCUT2D eigenvalue weighted by Crippen LogP contribution is 2.11. The van der Waals surface area contributed by atoms with Gasteiger partial charge >= 0.3 is 0 Å². The number of nitrogens with one attached hydrogen (secondary N) is 3. The van der Waals surface area contributed by atoms with E-state index in [4.69, 9.17) is 0 Å². The number of halogens is 1. The van der Waals surface area contributed by atoms with Gasteiger partial charge in [0, 0.05) is 19.0 Å². The Morgan fingerprint density at radius 3 is 2.27 bits per heavy atom. The van der Waals surface area contributed by atoms with E-state index in [0.717, 1.165) is 5.56 Å². The van der Waals surface area contributed by atoms with Gasteiger partial charge in [0.25, 0.3) is 0 Å². The summed E-state index contributed by atoms with van der Waals surface area (Å²) in [5.41, 5.74) is 0.932. The van der Waals surface area contributed by atoms with Gasteiger partial charge < -0.3 is 10.6 Å². The fourth-order valence-corrected chi connectivity index (χ4v) is 2.40. The molecule has 0 saturated carbocycles. The van der Waals surface area contributed by atoms with Crippen LogP contribution in [0.4, 0.5) is 0 Å². The molecule has 126 valence electrons. The minimum absolute atomic E-state index is 0. The molecule has 0 radical (unpaired) electrons. The van der Waals surface area contributed by atoms with Crippen LogP contribution in [0.5, 0.6) is 0 Å². The number of sulfonamides is 1. The monoisotopic (exact) mass is 349 g/mol. The number of rotatable bonds is 8. The van der Waals surface area contributed by atoms with Gasteiger partial charge in [-0.25, -0.2) is 13.1 Å². The molecule has 1 atom stereocenters. The Hall–Kier alpha value is -1.15. The van der Waals surface area contributed by atoms with Crippen molar-refractivity contribution < 1.29 is 13.2 Å². The second kappa shape index (κ2) is 9.78. The lowest BCUT2D eigenvalue weighted by molar-refractivity contribution is -0.121. The maximum absolute atomic E-state index is 11.7. The van der Waals surface area contributed by atoms with Crippen LogP contribution in [-0.2, 0) is 21.2 Å². The van der Waals surface area contributed by atoms with Crippen molar-refractivity contribution in [3.63, 3.8) is 0 Å². The Morgan fingerprint density at radius 1 is 1.18 bits per heavy atom. The minimum atomic E-state index is -3.40. The van der Waals surface area contributed by atoms with Crippen LogP contribution >= 0.6 is 12.4 Å². The molecule has 1 rings (SSSR count). The first-order chi connectivity index (χ1) is 9.89. The summed E-state index contributed by atoms with van der Waals surface area (Å²) in [6.45, 7) is 2.58. The van der Waals surface area contributed by atoms with Gasteiger partial charge in [-0.3, -0.25) is 4.79 Å². The number of hydrogen-bond donors (Lipinski definition) is 3. The van der Waals surface area contributed by atoms with Crippen molar-refractivity contribution in [3.8, 4) is 0 Å². The molecule has 0 aliphatic heterocycles. The predicted molar refractivity (Wildman–Crippen MR) is 89.8 cm³/mol. The van der Waals surface area contributed by atoms with E-state index >= 15 is 0 Å². The van der Waals surface area contributed by atoms with Gasteiger partial charge in [0.1, 0.15) is 0 Å². The summed E-state index contributed by atoms with van der Waals surface area (Å²) in [4.78, 5) is 11.9. The average Bonchev–Trinajstić information content (AvgIpc) is 2.50. The average molecular weight is 350 g/mol. The maximum Gasteiger partial charge on any atom is 0.240 e. The zero-order chi connectivity index (χ0) is 15.9. The SMILES string of the molecule is CNC(C)CNC(=O)CCc1ccc(S(=O)(=O)NC)cc1.Cl. The number of aryl methyl sites for hydroxylation is 1. The zero-order valence-corrected chi connectivity index (χ0v) is 14.7. The van der Waals surface area contributed by atoms with Crippen molar-refractivity contribution >= 4 is 28.3 Å². The Labute approximate surface area is 138 Å². The van der Waals surface area contributed by atoms with E-state index in [2.05, 4.69) is 15.4 Å². The highest BCUT2D eigenvalue weighted by molar-refractivity contribution is 7.89. The summed E-state index contributed by atoms with van der Waals surface area (Å²) in [5, 5.41) is 5.88. The Balaban J connectivity index is 0.00000441. The van der Waals surface area contributed by atoms with Gasteiger partial charge in [-0.15, -0.1) is 12.4 Å². The van der Waals surface area contributed by atoms with Crippen LogP contribution in [0.1, 0.15) is 18.9 Å². The molecule has 3 N–H and O–H groups in total. The van der Waals surface area contributed by atoms with E-state index in [1.54, 1.807) is 24.3 Å². The first-order valence-electron chi connectivity index (χ1n) is 6.85. The Kier molecular flexibility index (Phi) is 9.27. The van der Waals surface area contributed by atoms with Gasteiger partial charge in [-0.2, -0.15) is 0 Å². The van der Waals surface area contributed by atoms with Crippen LogP contribution in [0.2, 0.25) is 0 Å². The molecule has 1 amide bonds. The van der Waals surface area contributed by atoms with Crippen molar-refractivity contribution in [2.75, 3.05) is 20.6 Å². The van der Waals surface area contributed by atoms with Crippen LogP contribution in [0.25, 0.3) is 0 Å². The second-order valence-electron chi connectivity index (χ2n) is 4.85. The van der Waals surface area contributed by atoms with Crippen LogP contribution in [0.3, 0.4) is 0 Å². The second-order valence-corrected chi connectivity index (χ2v) is 6.73. The third kappa shape index (κ3) is 6.74. The predicted octanol–water partition coefficient (Wildman–Crippen LogP) is 0.673. The minimum Gasteiger partial charge on any atom is -0.355 e. The summed E-state index contributed by atoms with van der Waals surface area (Å²) in [6, 6.07) is 6.78. The standard InChI is InChI=1S/C14H23N3O3S.ClH/c1-11(15-2)10-17-14(18)9-6-12-4-7-13(8-5-12)21(19,20)16-3;/h4-5,7-8,11,15-16H,6,9-10H2,1-3H3,(H,17,18);1H. The fourth-order valence-electron chi connectivity index (χ4n) is 1.67. The summed E-state index contributed by atoms with van der Waals surface area (Å²) in [6.07, 6.45) is 0.966. The Morgan fingerprint density at radius 2 is 1.77 bits per heavy atom. The molecule has 0 fully saturated rings. The number of benzene rings is 1. The third-order valence-electron chi connectivity index (χ3n) is 3.24. The first-order valence-corrected chi connectivity index (χ1v) is 8.34. The molecule has 0 spiro atoms. The fraction of sp³-hybridized carbons (Fsp3) is 0.500. The molecular weight excluding hydrogens is 326 g/mol. The Bertz CT molecular complexity index is 561. The number of carbonyl (C=O) groups is 1.